The average Bonchev–Trinajstić information content (AvgIpc) is 3.35. The standard InChI is InChI=1S/C31H39NO5S/c1-5-7-27-36-25-15-22-21-11-10-19-14-20(33)12-13-29(19,3)28(21)23(34)16-30(22,4)31(25,37-27)24(35)17-38-26-9-6-8-18(2)32-26/h6,8-9,12-14,21-23,25,27-28,34H,5,7,10-11,15-17H2,1-4H3/t21?,22?,23?,25-,27-,28?,29?,30?,31-/m1/s1. The van der Waals surface area contributed by atoms with Crippen molar-refractivity contribution < 1.29 is 24.2 Å². The summed E-state index contributed by atoms with van der Waals surface area (Å²) in [6.45, 7) is 8.41. The van der Waals surface area contributed by atoms with Crippen LogP contribution in [0.1, 0.15) is 65.0 Å². The van der Waals surface area contributed by atoms with Crippen LogP contribution in [0.5, 0.6) is 0 Å². The second-order valence-corrected chi connectivity index (χ2v) is 13.5. The van der Waals surface area contributed by atoms with E-state index in [-0.39, 0.29) is 46.6 Å². The van der Waals surface area contributed by atoms with Crippen LogP contribution in [0, 0.1) is 35.5 Å². The largest absolute Gasteiger partial charge is 0.393 e. The molecule has 1 aromatic heterocycles. The van der Waals surface area contributed by atoms with Crippen molar-refractivity contribution in [2.45, 2.75) is 95.3 Å². The molecule has 1 saturated heterocycles. The number of allylic oxidation sites excluding steroid dienone is 4. The van der Waals surface area contributed by atoms with Crippen molar-refractivity contribution in [1.29, 1.82) is 0 Å². The van der Waals surface area contributed by atoms with Gasteiger partial charge in [-0.2, -0.15) is 0 Å². The molecule has 6 rings (SSSR count). The first-order valence-corrected chi connectivity index (χ1v) is 15.2. The first kappa shape index (κ1) is 26.4. The van der Waals surface area contributed by atoms with Gasteiger partial charge in [0, 0.05) is 22.4 Å². The Balaban J connectivity index is 1.35. The van der Waals surface area contributed by atoms with Gasteiger partial charge in [0.05, 0.1) is 23.0 Å². The predicted octanol–water partition coefficient (Wildman–Crippen LogP) is 5.22. The lowest BCUT2D eigenvalue weighted by Gasteiger charge is -2.59. The molecule has 4 fully saturated rings. The Hall–Kier alpha value is -1.80. The third-order valence-electron chi connectivity index (χ3n) is 10.4. The van der Waals surface area contributed by atoms with E-state index in [0.717, 1.165) is 48.4 Å². The summed E-state index contributed by atoms with van der Waals surface area (Å²) in [5.74, 6) is 0.775. The number of hydrogen-bond acceptors (Lipinski definition) is 7. The molecule has 7 heteroatoms. The normalized spacial score (nSPS) is 43.2. The number of rotatable bonds is 6. The number of carbonyl (C=O) groups is 2. The Bertz CT molecular complexity index is 1210. The van der Waals surface area contributed by atoms with Crippen molar-refractivity contribution in [3.63, 3.8) is 0 Å². The fourth-order valence-electron chi connectivity index (χ4n) is 8.85. The van der Waals surface area contributed by atoms with Gasteiger partial charge >= 0.3 is 0 Å². The number of carbonyl (C=O) groups excluding carboxylic acids is 2. The molecule has 0 bridgehead atoms. The molecule has 6 unspecified atom stereocenters. The molecule has 1 aromatic rings. The number of Topliss-reactive ketones (excluding diaryl/α,β-unsaturated/α-hetero) is 1. The molecule has 4 aliphatic carbocycles. The number of ether oxygens (including phenoxy) is 2. The Kier molecular flexibility index (Phi) is 6.53. The average molecular weight is 538 g/mol. The molecule has 0 amide bonds. The molecule has 1 aliphatic heterocycles. The Labute approximate surface area is 229 Å². The molecule has 3 saturated carbocycles. The number of aliphatic hydroxyl groups excluding tert-OH is 1. The van der Waals surface area contributed by atoms with E-state index in [0.29, 0.717) is 6.42 Å². The second-order valence-electron chi connectivity index (χ2n) is 12.5. The molecule has 1 N–H and O–H groups in total. The van der Waals surface area contributed by atoms with Crippen LogP contribution in [0.3, 0.4) is 0 Å². The zero-order valence-corrected chi connectivity index (χ0v) is 23.6. The third-order valence-corrected chi connectivity index (χ3v) is 11.4. The molecule has 204 valence electrons. The highest BCUT2D eigenvalue weighted by Crippen LogP contribution is 2.69. The van der Waals surface area contributed by atoms with Gasteiger partial charge in [0.25, 0.3) is 0 Å². The second kappa shape index (κ2) is 9.39. The quantitative estimate of drug-likeness (QED) is 0.498. The molecule has 5 aliphatic rings. The number of thioether (sulfide) groups is 1. The molecule has 9 atom stereocenters. The van der Waals surface area contributed by atoms with Crippen molar-refractivity contribution in [3.05, 3.63) is 47.7 Å². The van der Waals surface area contributed by atoms with E-state index in [9.17, 15) is 14.7 Å². The fourth-order valence-corrected chi connectivity index (χ4v) is 9.73. The predicted molar refractivity (Wildman–Crippen MR) is 145 cm³/mol. The number of aliphatic hydroxyl groups is 1. The van der Waals surface area contributed by atoms with Crippen LogP contribution >= 0.6 is 11.8 Å². The highest BCUT2D eigenvalue weighted by Gasteiger charge is 2.75. The number of pyridine rings is 1. The van der Waals surface area contributed by atoms with Crippen molar-refractivity contribution in [3.8, 4) is 0 Å². The summed E-state index contributed by atoms with van der Waals surface area (Å²) in [6.07, 6.45) is 8.83. The van der Waals surface area contributed by atoms with E-state index in [2.05, 4.69) is 25.8 Å². The van der Waals surface area contributed by atoms with Crippen molar-refractivity contribution >= 4 is 23.3 Å². The summed E-state index contributed by atoms with van der Waals surface area (Å²) >= 11 is 1.46. The number of ketones is 2. The maximum atomic E-state index is 14.3. The van der Waals surface area contributed by atoms with Crippen LogP contribution in [0.25, 0.3) is 0 Å². The van der Waals surface area contributed by atoms with Crippen LogP contribution in [-0.2, 0) is 19.1 Å². The lowest BCUT2D eigenvalue weighted by molar-refractivity contribution is -0.197. The summed E-state index contributed by atoms with van der Waals surface area (Å²) in [5, 5.41) is 12.7. The Morgan fingerprint density at radius 3 is 2.87 bits per heavy atom. The van der Waals surface area contributed by atoms with Gasteiger partial charge in [0.1, 0.15) is 0 Å². The van der Waals surface area contributed by atoms with Crippen LogP contribution in [-0.4, -0.2) is 51.5 Å². The summed E-state index contributed by atoms with van der Waals surface area (Å²) in [7, 11) is 0. The molecule has 0 aromatic carbocycles. The smallest absolute Gasteiger partial charge is 0.178 e. The minimum absolute atomic E-state index is 0.00760. The summed E-state index contributed by atoms with van der Waals surface area (Å²) in [5.41, 5.74) is 0.107. The number of nitrogens with zero attached hydrogens (tertiary/aromatic N) is 1. The van der Waals surface area contributed by atoms with Gasteiger partial charge in [-0.05, 0) is 75.1 Å². The van der Waals surface area contributed by atoms with Gasteiger partial charge < -0.3 is 14.6 Å². The number of aryl methyl sites for hydroxylation is 1. The number of aromatic nitrogens is 1. The fraction of sp³-hybridized carbons (Fsp3) is 0.645. The van der Waals surface area contributed by atoms with E-state index >= 15 is 0 Å². The molecular weight excluding hydrogens is 498 g/mol. The summed E-state index contributed by atoms with van der Waals surface area (Å²) in [6, 6.07) is 5.86. The van der Waals surface area contributed by atoms with Crippen LogP contribution in [0.2, 0.25) is 0 Å². The van der Waals surface area contributed by atoms with Crippen LogP contribution < -0.4 is 0 Å². The zero-order chi connectivity index (χ0) is 26.9. The lowest BCUT2D eigenvalue weighted by Crippen LogP contribution is -2.63. The van der Waals surface area contributed by atoms with Crippen molar-refractivity contribution in [2.75, 3.05) is 5.75 Å². The molecule has 2 heterocycles. The molecule has 0 spiro atoms. The topological polar surface area (TPSA) is 85.7 Å². The maximum absolute atomic E-state index is 14.3. The van der Waals surface area contributed by atoms with Crippen molar-refractivity contribution in [2.24, 2.45) is 28.6 Å². The monoisotopic (exact) mass is 537 g/mol. The van der Waals surface area contributed by atoms with Gasteiger partial charge in [-0.3, -0.25) is 9.59 Å². The SMILES string of the molecule is CCC[C@@H]1O[C@@H]2CC3C4CCC5=CC(=O)C=CC5(C)C4C(O)CC3(C)[C@]2(C(=O)CSc2cccc(C)n2)O1. The molecular formula is C31H39NO5S. The van der Waals surface area contributed by atoms with Gasteiger partial charge in [-0.15, -0.1) is 0 Å². The van der Waals surface area contributed by atoms with Crippen LogP contribution in [0.4, 0.5) is 0 Å². The molecule has 0 radical (unpaired) electrons. The van der Waals surface area contributed by atoms with E-state index in [1.54, 1.807) is 12.2 Å². The molecule has 6 nitrogen and oxygen atoms in total. The van der Waals surface area contributed by atoms with E-state index in [4.69, 9.17) is 9.47 Å². The summed E-state index contributed by atoms with van der Waals surface area (Å²) < 4.78 is 13.3. The minimum atomic E-state index is -1.07. The van der Waals surface area contributed by atoms with Gasteiger partial charge in [0.15, 0.2) is 23.5 Å². The highest BCUT2D eigenvalue weighted by molar-refractivity contribution is 7.99. The lowest BCUT2D eigenvalue weighted by atomic mass is 9.46. The molecule has 38 heavy (non-hydrogen) atoms. The van der Waals surface area contributed by atoms with Gasteiger partial charge in [0.2, 0.25) is 0 Å². The summed E-state index contributed by atoms with van der Waals surface area (Å²) in [4.78, 5) is 31.0. The van der Waals surface area contributed by atoms with E-state index in [1.807, 2.05) is 31.2 Å². The first-order valence-electron chi connectivity index (χ1n) is 14.2. The van der Waals surface area contributed by atoms with Crippen LogP contribution in [0.15, 0.2) is 47.0 Å². The Morgan fingerprint density at radius 2 is 2.11 bits per heavy atom. The Morgan fingerprint density at radius 1 is 1.29 bits per heavy atom. The van der Waals surface area contributed by atoms with E-state index in [1.165, 1.54) is 11.8 Å². The minimum Gasteiger partial charge on any atom is -0.393 e. The van der Waals surface area contributed by atoms with E-state index < -0.39 is 23.4 Å². The number of fused-ring (bicyclic) bond motifs is 7. The first-order chi connectivity index (χ1) is 18.1. The third kappa shape index (κ3) is 3.75. The van der Waals surface area contributed by atoms with Crippen molar-refractivity contribution in [1.82, 2.24) is 4.98 Å². The number of hydrogen-bond donors (Lipinski definition) is 1. The highest BCUT2D eigenvalue weighted by atomic mass is 32.2. The van der Waals surface area contributed by atoms with Gasteiger partial charge in [-0.1, -0.05) is 56.7 Å². The van der Waals surface area contributed by atoms with Gasteiger partial charge in [-0.25, -0.2) is 4.98 Å². The zero-order valence-electron chi connectivity index (χ0n) is 22.8. The maximum Gasteiger partial charge on any atom is 0.178 e.